The second-order valence-electron chi connectivity index (χ2n) is 6.38. The van der Waals surface area contributed by atoms with Gasteiger partial charge in [-0.05, 0) is 6.42 Å². The number of oxime groups is 1. The second-order valence-corrected chi connectivity index (χ2v) is 8.79. The maximum absolute atomic E-state index is 12.9. The molecular formula is C16H21ClN5NaO9S2. The van der Waals surface area contributed by atoms with Crippen LogP contribution in [0.3, 0.4) is 0 Å². The van der Waals surface area contributed by atoms with Crippen molar-refractivity contribution in [2.24, 2.45) is 5.16 Å². The number of unbranched alkanes of at least 4 members (excludes halogenated alkanes) is 1. The van der Waals surface area contributed by atoms with Crippen molar-refractivity contribution in [2.45, 2.75) is 31.8 Å². The van der Waals surface area contributed by atoms with Crippen LogP contribution in [0.5, 0.6) is 0 Å². The summed E-state index contributed by atoms with van der Waals surface area (Å²) in [6.07, 6.45) is 1.41. The summed E-state index contributed by atoms with van der Waals surface area (Å²) in [7, 11) is -4.14. The van der Waals surface area contributed by atoms with Crippen LogP contribution in [-0.2, 0) is 39.1 Å². The Bertz CT molecular complexity index is 1070. The molecule has 1 aliphatic heterocycles. The van der Waals surface area contributed by atoms with Crippen LogP contribution in [-0.4, -0.2) is 113 Å². The van der Waals surface area contributed by atoms with Crippen LogP contribution in [0.2, 0.25) is 0 Å². The summed E-state index contributed by atoms with van der Waals surface area (Å²) in [6.45, 7) is 2.07. The molecule has 0 bridgehead atoms. The number of nitrogens with one attached hydrogen (secondary N) is 2. The molecule has 1 aromatic heterocycles. The Hall–Kier alpha value is -1.82. The molecule has 14 nitrogen and oxygen atoms in total. The van der Waals surface area contributed by atoms with Crippen LogP contribution in [0.15, 0.2) is 10.5 Å². The van der Waals surface area contributed by atoms with Gasteiger partial charge < -0.3 is 20.2 Å². The van der Waals surface area contributed by atoms with Gasteiger partial charge in [0.25, 0.3) is 11.8 Å². The normalized spacial score (nSPS) is 17.8. The number of methoxy groups -OCH3 is 1. The van der Waals surface area contributed by atoms with Gasteiger partial charge in [-0.3, -0.25) is 18.9 Å². The van der Waals surface area contributed by atoms with E-state index in [-0.39, 0.29) is 57.2 Å². The molecule has 1 aromatic rings. The van der Waals surface area contributed by atoms with E-state index in [0.717, 1.165) is 24.9 Å². The monoisotopic (exact) mass is 549 g/mol. The van der Waals surface area contributed by atoms with E-state index in [2.05, 4.69) is 25.5 Å². The van der Waals surface area contributed by atoms with Crippen LogP contribution in [0.4, 0.5) is 5.13 Å². The van der Waals surface area contributed by atoms with E-state index >= 15 is 0 Å². The van der Waals surface area contributed by atoms with Crippen molar-refractivity contribution in [3.8, 4) is 0 Å². The zero-order valence-corrected chi connectivity index (χ0v) is 19.7. The first kappa shape index (κ1) is 30.2. The molecule has 3 N–H and O–H groups in total. The topological polar surface area (TPSA) is 194 Å². The summed E-state index contributed by atoms with van der Waals surface area (Å²) in [4.78, 5) is 57.6. The molecule has 0 spiro atoms. The van der Waals surface area contributed by atoms with Crippen molar-refractivity contribution in [1.29, 1.82) is 0 Å². The van der Waals surface area contributed by atoms with Crippen LogP contribution < -0.4 is 10.6 Å². The van der Waals surface area contributed by atoms with Gasteiger partial charge in [-0.1, -0.05) is 18.5 Å². The number of carbonyl (C=O) groups excluding carboxylic acids is 4. The number of alkyl halides is 1. The van der Waals surface area contributed by atoms with Crippen LogP contribution in [0.25, 0.3) is 0 Å². The van der Waals surface area contributed by atoms with Gasteiger partial charge in [0.2, 0.25) is 5.91 Å². The Morgan fingerprint density at radius 2 is 2.06 bits per heavy atom. The minimum absolute atomic E-state index is 0. The van der Waals surface area contributed by atoms with Crippen molar-refractivity contribution < 1.29 is 41.7 Å². The van der Waals surface area contributed by atoms with Gasteiger partial charge in [-0.25, -0.2) is 9.78 Å². The summed E-state index contributed by atoms with van der Waals surface area (Å²) in [5.74, 6) is -4.34. The quantitative estimate of drug-likeness (QED) is 0.0444. The third-order valence-electron chi connectivity index (χ3n) is 4.10. The SMILES string of the molecule is CCCCO/N=C(\C(=O)NC1C(=O)N(S(=O)(=O)O)C1C(=O)OC)c1csc(NC(=O)CCl)n1.[NaH]. The Labute approximate surface area is 225 Å². The second kappa shape index (κ2) is 13.3. The molecule has 0 radical (unpaired) electrons. The van der Waals surface area contributed by atoms with Gasteiger partial charge in [0.15, 0.2) is 16.9 Å². The Balaban J connectivity index is 0.00000578. The maximum atomic E-state index is 12.9. The predicted molar refractivity (Wildman–Crippen MR) is 122 cm³/mol. The molecule has 34 heavy (non-hydrogen) atoms. The number of hydrogen-bond donors (Lipinski definition) is 3. The molecule has 2 rings (SSSR count). The van der Waals surface area contributed by atoms with Crippen LogP contribution in [0.1, 0.15) is 25.5 Å². The zero-order valence-electron chi connectivity index (χ0n) is 17.3. The van der Waals surface area contributed by atoms with Gasteiger partial charge in [0.1, 0.15) is 24.2 Å². The first-order valence-corrected chi connectivity index (χ1v) is 12.1. The fourth-order valence-electron chi connectivity index (χ4n) is 2.54. The molecule has 0 saturated carbocycles. The Kier molecular flexibility index (Phi) is 11.8. The Morgan fingerprint density at radius 3 is 2.62 bits per heavy atom. The molecule has 3 amide bonds. The van der Waals surface area contributed by atoms with Crippen molar-refractivity contribution in [1.82, 2.24) is 14.6 Å². The number of ether oxygens (including phenoxy) is 1. The number of hydrogen-bond acceptors (Lipinski definition) is 11. The number of nitrogens with zero attached hydrogens (tertiary/aromatic N) is 3. The molecule has 1 aliphatic rings. The van der Waals surface area contributed by atoms with Crippen molar-refractivity contribution in [2.75, 3.05) is 24.9 Å². The number of halogens is 1. The summed E-state index contributed by atoms with van der Waals surface area (Å²) < 4.78 is 36.3. The number of amides is 3. The fourth-order valence-corrected chi connectivity index (χ4v) is 4.15. The van der Waals surface area contributed by atoms with E-state index in [0.29, 0.717) is 6.42 Å². The van der Waals surface area contributed by atoms with Gasteiger partial charge in [0.05, 0.1) is 7.11 Å². The van der Waals surface area contributed by atoms with Crippen LogP contribution >= 0.6 is 22.9 Å². The molecule has 0 aliphatic carbocycles. The molecular weight excluding hydrogens is 529 g/mol. The minimum atomic E-state index is -5.08. The summed E-state index contributed by atoms with van der Waals surface area (Å²) in [6, 6.07) is -3.49. The van der Waals surface area contributed by atoms with E-state index in [1.54, 1.807) is 0 Å². The third-order valence-corrected chi connectivity index (χ3v) is 6.01. The molecule has 0 aromatic carbocycles. The molecule has 2 heterocycles. The molecule has 1 saturated heterocycles. The summed E-state index contributed by atoms with van der Waals surface area (Å²) >= 11 is 6.39. The van der Waals surface area contributed by atoms with Gasteiger partial charge in [-0.15, -0.1) is 22.9 Å². The van der Waals surface area contributed by atoms with Crippen molar-refractivity contribution in [3.63, 3.8) is 0 Å². The third kappa shape index (κ3) is 7.34. The molecule has 2 unspecified atom stereocenters. The van der Waals surface area contributed by atoms with Crippen LogP contribution in [0, 0.1) is 0 Å². The molecule has 2 atom stereocenters. The van der Waals surface area contributed by atoms with Crippen molar-refractivity contribution in [3.05, 3.63) is 11.1 Å². The number of rotatable bonds is 11. The molecule has 18 heteroatoms. The van der Waals surface area contributed by atoms with Gasteiger partial charge in [0, 0.05) is 5.38 Å². The first-order valence-electron chi connectivity index (χ1n) is 9.26. The van der Waals surface area contributed by atoms with E-state index in [1.807, 2.05) is 6.92 Å². The van der Waals surface area contributed by atoms with E-state index in [1.165, 1.54) is 5.38 Å². The number of carbonyl (C=O) groups is 4. The number of aromatic nitrogens is 1. The Morgan fingerprint density at radius 1 is 1.38 bits per heavy atom. The zero-order chi connectivity index (χ0) is 24.8. The average molecular weight is 550 g/mol. The molecule has 184 valence electrons. The fraction of sp³-hybridized carbons (Fsp3) is 0.500. The number of β-lactam (4-membered cyclic amide) rings is 1. The summed E-state index contributed by atoms with van der Waals surface area (Å²) in [5, 5.41) is 9.79. The standard InChI is InChI=1S/C16H20ClN5O9S2.Na.H/c1-3-4-5-31-21-10(8-7-32-16(18-8)19-9(23)6-17)13(24)20-11-12(15(26)30-2)22(14(11)25)33(27,28)29;;/h7,11-12H,3-6H2,1-2H3,(H,20,24)(H,18,19,23)(H,27,28,29);;/b21-10-;;. The number of esters is 1. The van der Waals surface area contributed by atoms with Gasteiger partial charge in [-0.2, -0.15) is 12.7 Å². The van der Waals surface area contributed by atoms with Crippen molar-refractivity contribution >= 4 is 97.3 Å². The van der Waals surface area contributed by atoms with E-state index in [9.17, 15) is 32.1 Å². The van der Waals surface area contributed by atoms with E-state index < -0.39 is 51.8 Å². The molecule has 1 fully saturated rings. The predicted octanol–water partition coefficient (Wildman–Crippen LogP) is -1.14. The number of thiazole rings is 1. The first-order chi connectivity index (χ1) is 15.5. The average Bonchev–Trinajstić information content (AvgIpc) is 3.21. The van der Waals surface area contributed by atoms with Gasteiger partial charge >= 0.3 is 45.8 Å². The number of anilines is 1. The van der Waals surface area contributed by atoms with E-state index in [4.69, 9.17) is 16.4 Å². The summed E-state index contributed by atoms with van der Waals surface area (Å²) in [5.41, 5.74) is -0.442.